The molecular formula is C9H13N2O4P. The molecule has 6 nitrogen and oxygen atoms in total. The van der Waals surface area contributed by atoms with Gasteiger partial charge >= 0.3 is 7.75 Å². The maximum absolute atomic E-state index is 11.2. The predicted octanol–water partition coefficient (Wildman–Crippen LogP) is 2.92. The second-order valence-electron chi connectivity index (χ2n) is 2.80. The van der Waals surface area contributed by atoms with E-state index in [9.17, 15) is 4.57 Å². The second kappa shape index (κ2) is 5.75. The number of hydrogen-bond acceptors (Lipinski definition) is 4. The van der Waals surface area contributed by atoms with Gasteiger partial charge in [0, 0.05) is 0 Å². The summed E-state index contributed by atoms with van der Waals surface area (Å²) in [6.45, 7) is 1.71. The van der Waals surface area contributed by atoms with Crippen LogP contribution in [0, 0.1) is 0 Å². The maximum atomic E-state index is 11.2. The molecule has 1 unspecified atom stereocenters. The van der Waals surface area contributed by atoms with Crippen LogP contribution in [-0.2, 0) is 9.09 Å². The van der Waals surface area contributed by atoms with E-state index in [1.54, 1.807) is 38.3 Å². The van der Waals surface area contributed by atoms with Crippen LogP contribution in [0.2, 0.25) is 0 Å². The molecule has 0 aliphatic carbocycles. The molecule has 1 atom stereocenters. The van der Waals surface area contributed by atoms with Crippen molar-refractivity contribution in [1.82, 2.24) is 0 Å². The third kappa shape index (κ3) is 4.10. The van der Waals surface area contributed by atoms with Gasteiger partial charge in [-0.2, -0.15) is 0 Å². The average molecular weight is 244 g/mol. The van der Waals surface area contributed by atoms with Gasteiger partial charge in [-0.15, -0.1) is 5.11 Å². The van der Waals surface area contributed by atoms with E-state index in [-0.39, 0.29) is 6.61 Å². The van der Waals surface area contributed by atoms with Crippen LogP contribution in [0.25, 0.3) is 0 Å². The van der Waals surface area contributed by atoms with Crippen molar-refractivity contribution >= 4 is 13.4 Å². The van der Waals surface area contributed by atoms with Crippen LogP contribution in [0.4, 0.5) is 5.69 Å². The Morgan fingerprint density at radius 3 is 2.50 bits per heavy atom. The van der Waals surface area contributed by atoms with E-state index >= 15 is 0 Å². The van der Waals surface area contributed by atoms with Crippen molar-refractivity contribution in [2.45, 2.75) is 6.92 Å². The molecule has 0 aliphatic heterocycles. The van der Waals surface area contributed by atoms with Crippen molar-refractivity contribution < 1.29 is 18.7 Å². The maximum Gasteiger partial charge on any atom is 0.469 e. The van der Waals surface area contributed by atoms with Crippen LogP contribution in [0.5, 0.6) is 5.75 Å². The monoisotopic (exact) mass is 244 g/mol. The smallest absolute Gasteiger partial charge is 0.469 e. The fraction of sp³-hybridized carbons (Fsp3) is 0.333. The molecule has 7 heteroatoms. The molecule has 16 heavy (non-hydrogen) atoms. The van der Waals surface area contributed by atoms with Crippen LogP contribution in [-0.4, -0.2) is 18.6 Å². The van der Waals surface area contributed by atoms with E-state index in [4.69, 9.17) is 9.63 Å². The van der Waals surface area contributed by atoms with E-state index in [0.717, 1.165) is 0 Å². The summed E-state index contributed by atoms with van der Waals surface area (Å²) in [5, 5.41) is 3.60. The first-order valence-electron chi connectivity index (χ1n) is 4.62. The highest BCUT2D eigenvalue weighted by molar-refractivity contribution is 7.51. The summed E-state index contributed by atoms with van der Waals surface area (Å²) < 4.78 is 20.6. The van der Waals surface area contributed by atoms with Crippen LogP contribution < -0.4 is 4.74 Å². The summed E-state index contributed by atoms with van der Waals surface area (Å²) in [6.07, 6.45) is 0. The molecule has 0 saturated heterocycles. The summed E-state index contributed by atoms with van der Waals surface area (Å²) in [6, 6.07) is 6.59. The second-order valence-corrected chi connectivity index (χ2v) is 4.21. The Bertz CT molecular complexity index is 404. The van der Waals surface area contributed by atoms with Crippen molar-refractivity contribution in [1.29, 1.82) is 0 Å². The highest BCUT2D eigenvalue weighted by Gasteiger charge is 2.16. The molecule has 1 aromatic rings. The lowest BCUT2D eigenvalue weighted by molar-refractivity contribution is 0.273. The zero-order valence-electron chi connectivity index (χ0n) is 9.03. The van der Waals surface area contributed by atoms with Crippen molar-refractivity contribution in [3.8, 4) is 5.75 Å². The molecule has 1 N–H and O–H groups in total. The van der Waals surface area contributed by atoms with Gasteiger partial charge in [-0.3, -0.25) is 4.52 Å². The summed E-state index contributed by atoms with van der Waals surface area (Å²) in [5.41, 5.74) is 0.453. The molecule has 1 aromatic carbocycles. The molecular weight excluding hydrogens is 231 g/mol. The summed E-state index contributed by atoms with van der Waals surface area (Å²) in [5.74, 6) is 0.677. The van der Waals surface area contributed by atoms with E-state index in [2.05, 4.69) is 14.5 Å². The van der Waals surface area contributed by atoms with Crippen LogP contribution >= 0.6 is 7.75 Å². The Balaban J connectivity index is 2.72. The van der Waals surface area contributed by atoms with Crippen LogP contribution in [0.1, 0.15) is 6.92 Å². The van der Waals surface area contributed by atoms with Gasteiger partial charge in [-0.1, -0.05) is 4.88 Å². The number of methoxy groups -OCH3 is 1. The SMILES string of the molecule is CCOP(=O)(O)N=Nc1ccc(OC)cc1. The molecule has 0 amide bonds. The van der Waals surface area contributed by atoms with Gasteiger partial charge in [0.15, 0.2) is 0 Å². The summed E-state index contributed by atoms with van der Waals surface area (Å²) in [7, 11) is -2.40. The van der Waals surface area contributed by atoms with Gasteiger partial charge < -0.3 is 9.63 Å². The zero-order valence-corrected chi connectivity index (χ0v) is 9.92. The van der Waals surface area contributed by atoms with Crippen molar-refractivity contribution in [2.75, 3.05) is 13.7 Å². The fourth-order valence-corrected chi connectivity index (χ4v) is 1.56. The fourth-order valence-electron chi connectivity index (χ4n) is 0.951. The van der Waals surface area contributed by atoms with Gasteiger partial charge in [0.2, 0.25) is 0 Å². The molecule has 0 aliphatic rings. The van der Waals surface area contributed by atoms with Crippen LogP contribution in [0.15, 0.2) is 34.3 Å². The molecule has 0 fully saturated rings. The molecule has 0 bridgehead atoms. The van der Waals surface area contributed by atoms with Gasteiger partial charge in [-0.05, 0) is 31.2 Å². The third-order valence-electron chi connectivity index (χ3n) is 1.64. The highest BCUT2D eigenvalue weighted by Crippen LogP contribution is 2.44. The quantitative estimate of drug-likeness (QED) is 0.637. The first-order valence-corrected chi connectivity index (χ1v) is 6.15. The molecule has 0 aromatic heterocycles. The highest BCUT2D eigenvalue weighted by atomic mass is 31.2. The zero-order chi connectivity index (χ0) is 12.0. The lowest BCUT2D eigenvalue weighted by Gasteiger charge is -2.02. The molecule has 0 radical (unpaired) electrons. The van der Waals surface area contributed by atoms with Gasteiger partial charge in [0.25, 0.3) is 0 Å². The number of hydrogen-bond donors (Lipinski definition) is 1. The van der Waals surface area contributed by atoms with Crippen molar-refractivity contribution in [2.24, 2.45) is 10.00 Å². The standard InChI is InChI=1S/C9H13N2O4P/c1-3-15-16(12,13)11-10-8-4-6-9(14-2)7-5-8/h4-7H,3H2,1-2H3,(H,12,13). The largest absolute Gasteiger partial charge is 0.497 e. The topological polar surface area (TPSA) is 80.5 Å². The Morgan fingerprint density at radius 2 is 2.00 bits per heavy atom. The van der Waals surface area contributed by atoms with E-state index < -0.39 is 7.75 Å². The molecule has 1 rings (SSSR count). The molecule has 88 valence electrons. The third-order valence-corrected chi connectivity index (χ3v) is 2.55. The average Bonchev–Trinajstić information content (AvgIpc) is 2.27. The number of rotatable bonds is 5. The molecule has 0 saturated carbocycles. The van der Waals surface area contributed by atoms with Gasteiger partial charge in [-0.25, -0.2) is 4.57 Å². The van der Waals surface area contributed by atoms with Gasteiger partial charge in [0.1, 0.15) is 5.75 Å². The summed E-state index contributed by atoms with van der Waals surface area (Å²) in [4.78, 5) is 12.4. The molecule has 0 spiro atoms. The van der Waals surface area contributed by atoms with Gasteiger partial charge in [0.05, 0.1) is 19.4 Å². The van der Waals surface area contributed by atoms with Crippen molar-refractivity contribution in [3.63, 3.8) is 0 Å². The minimum Gasteiger partial charge on any atom is -0.497 e. The molecule has 0 heterocycles. The lowest BCUT2D eigenvalue weighted by Crippen LogP contribution is -1.84. The number of nitrogens with zero attached hydrogens (tertiary/aromatic N) is 2. The number of ether oxygens (including phenoxy) is 1. The first-order chi connectivity index (χ1) is 7.57. The minimum atomic E-state index is -3.95. The Kier molecular flexibility index (Phi) is 4.61. The van der Waals surface area contributed by atoms with E-state index in [0.29, 0.717) is 11.4 Å². The Labute approximate surface area is 93.5 Å². The number of benzene rings is 1. The Hall–Kier alpha value is -1.23. The lowest BCUT2D eigenvalue weighted by atomic mass is 10.3. The summed E-state index contributed by atoms with van der Waals surface area (Å²) >= 11 is 0. The first kappa shape index (κ1) is 12.8. The van der Waals surface area contributed by atoms with Crippen molar-refractivity contribution in [3.05, 3.63) is 24.3 Å². The Morgan fingerprint density at radius 1 is 1.38 bits per heavy atom. The van der Waals surface area contributed by atoms with Crippen LogP contribution in [0.3, 0.4) is 0 Å². The van der Waals surface area contributed by atoms with E-state index in [1.807, 2.05) is 0 Å². The minimum absolute atomic E-state index is 0.107. The van der Waals surface area contributed by atoms with E-state index in [1.165, 1.54) is 0 Å². The predicted molar refractivity (Wildman–Crippen MR) is 59.0 cm³/mol. The normalized spacial score (nSPS) is 14.9.